The van der Waals surface area contributed by atoms with Crippen molar-refractivity contribution in [3.05, 3.63) is 53.8 Å². The molecule has 8 heteroatoms. The number of hydrogen-bond acceptors (Lipinski definition) is 3. The molecule has 0 spiro atoms. The van der Waals surface area contributed by atoms with Crippen molar-refractivity contribution in [1.82, 2.24) is 5.32 Å². The SMILES string of the molecule is O=C(N[C@H]1CCCN2c3cc(F)ccc3Oc3ccccc3[C@@H]12)C(F)(F)F. The number of benzene rings is 2. The average Bonchev–Trinajstić information content (AvgIpc) is 2.76. The van der Waals surface area contributed by atoms with E-state index in [9.17, 15) is 22.4 Å². The molecule has 1 fully saturated rings. The lowest BCUT2D eigenvalue weighted by Crippen LogP contribution is -2.52. The van der Waals surface area contributed by atoms with E-state index in [2.05, 4.69) is 5.32 Å². The number of hydrogen-bond donors (Lipinski definition) is 1. The number of nitrogens with zero attached hydrogens (tertiary/aromatic N) is 1. The number of ether oxygens (including phenoxy) is 1. The summed E-state index contributed by atoms with van der Waals surface area (Å²) in [6.07, 6.45) is -4.04. The molecule has 0 aromatic heterocycles. The molecular weight excluding hydrogens is 364 g/mol. The Morgan fingerprint density at radius 3 is 2.70 bits per heavy atom. The van der Waals surface area contributed by atoms with E-state index in [1.54, 1.807) is 24.3 Å². The summed E-state index contributed by atoms with van der Waals surface area (Å²) in [6, 6.07) is 9.68. The number of halogens is 4. The zero-order chi connectivity index (χ0) is 19.2. The van der Waals surface area contributed by atoms with Gasteiger partial charge in [0.05, 0.1) is 17.8 Å². The first-order valence-corrected chi connectivity index (χ1v) is 8.55. The summed E-state index contributed by atoms with van der Waals surface area (Å²) >= 11 is 0. The molecule has 2 aliphatic rings. The number of piperidine rings is 1. The Kier molecular flexibility index (Phi) is 4.20. The van der Waals surface area contributed by atoms with Crippen LogP contribution in [0, 0.1) is 5.82 Å². The quantitative estimate of drug-likeness (QED) is 0.750. The highest BCUT2D eigenvalue weighted by Gasteiger charge is 2.44. The van der Waals surface area contributed by atoms with Gasteiger partial charge < -0.3 is 15.0 Å². The minimum Gasteiger partial charge on any atom is -0.455 e. The van der Waals surface area contributed by atoms with Crippen LogP contribution in [0.5, 0.6) is 11.5 Å². The molecule has 2 aromatic carbocycles. The maximum atomic E-state index is 13.9. The molecule has 0 bridgehead atoms. The van der Waals surface area contributed by atoms with E-state index in [4.69, 9.17) is 4.74 Å². The van der Waals surface area contributed by atoms with Crippen LogP contribution in [0.2, 0.25) is 0 Å². The van der Waals surface area contributed by atoms with Gasteiger partial charge in [0, 0.05) is 18.2 Å². The van der Waals surface area contributed by atoms with Crippen molar-refractivity contribution in [2.24, 2.45) is 0 Å². The summed E-state index contributed by atoms with van der Waals surface area (Å²) in [5.74, 6) is -1.54. The Morgan fingerprint density at radius 1 is 1.15 bits per heavy atom. The molecule has 1 N–H and O–H groups in total. The Morgan fingerprint density at radius 2 is 1.93 bits per heavy atom. The van der Waals surface area contributed by atoms with Crippen LogP contribution in [0.25, 0.3) is 0 Å². The van der Waals surface area contributed by atoms with Crippen molar-refractivity contribution >= 4 is 11.6 Å². The molecule has 2 atom stereocenters. The van der Waals surface area contributed by atoms with Crippen LogP contribution >= 0.6 is 0 Å². The number of anilines is 1. The predicted molar refractivity (Wildman–Crippen MR) is 90.2 cm³/mol. The molecule has 4 rings (SSSR count). The average molecular weight is 380 g/mol. The fourth-order valence-corrected chi connectivity index (χ4v) is 3.79. The lowest BCUT2D eigenvalue weighted by Gasteiger charge is -2.42. The number of rotatable bonds is 1. The lowest BCUT2D eigenvalue weighted by atomic mass is 9.89. The van der Waals surface area contributed by atoms with E-state index >= 15 is 0 Å². The van der Waals surface area contributed by atoms with Crippen molar-refractivity contribution < 1.29 is 27.1 Å². The fraction of sp³-hybridized carbons (Fsp3) is 0.316. The molecule has 1 amide bonds. The standard InChI is InChI=1S/C19H16F4N2O2/c20-11-7-8-16-14(10-11)25-9-3-5-13(24-18(26)19(21,22)23)17(25)12-4-1-2-6-15(12)27-16/h1-2,4,6-8,10,13,17H,3,5,9H2,(H,24,26)/t13-,17-/m0/s1. The fourth-order valence-electron chi connectivity index (χ4n) is 3.79. The summed E-state index contributed by atoms with van der Waals surface area (Å²) < 4.78 is 58.2. The molecule has 0 aliphatic carbocycles. The second-order valence-corrected chi connectivity index (χ2v) is 6.61. The van der Waals surface area contributed by atoms with Crippen molar-refractivity contribution in [3.63, 3.8) is 0 Å². The second kappa shape index (κ2) is 6.44. The molecule has 2 heterocycles. The van der Waals surface area contributed by atoms with Gasteiger partial charge in [0.25, 0.3) is 0 Å². The molecule has 1 saturated heterocycles. The summed E-state index contributed by atoms with van der Waals surface area (Å²) in [7, 11) is 0. The van der Waals surface area contributed by atoms with Crippen molar-refractivity contribution in [3.8, 4) is 11.5 Å². The normalized spacial score (nSPS) is 21.3. The number of amides is 1. The maximum Gasteiger partial charge on any atom is 0.471 e. The first kappa shape index (κ1) is 17.6. The monoisotopic (exact) mass is 380 g/mol. The molecule has 2 aromatic rings. The van der Waals surface area contributed by atoms with Crippen LogP contribution in [0.4, 0.5) is 23.2 Å². The first-order chi connectivity index (χ1) is 12.8. The summed E-state index contributed by atoms with van der Waals surface area (Å²) in [6.45, 7) is 0.511. The van der Waals surface area contributed by atoms with Gasteiger partial charge in [-0.25, -0.2) is 4.39 Å². The molecule has 0 unspecified atom stereocenters. The van der Waals surface area contributed by atoms with Gasteiger partial charge >= 0.3 is 12.1 Å². The van der Waals surface area contributed by atoms with E-state index < -0.39 is 30.0 Å². The minimum atomic E-state index is -4.97. The molecule has 0 radical (unpaired) electrons. The van der Waals surface area contributed by atoms with E-state index in [1.165, 1.54) is 18.2 Å². The van der Waals surface area contributed by atoms with Crippen molar-refractivity contribution in [2.75, 3.05) is 11.4 Å². The third-order valence-electron chi connectivity index (χ3n) is 4.89. The predicted octanol–water partition coefficient (Wildman–Crippen LogP) is 4.32. The van der Waals surface area contributed by atoms with Gasteiger partial charge in [0.2, 0.25) is 0 Å². The van der Waals surface area contributed by atoms with E-state index in [-0.39, 0.29) is 0 Å². The van der Waals surface area contributed by atoms with E-state index in [0.29, 0.717) is 42.1 Å². The third-order valence-corrected chi connectivity index (χ3v) is 4.89. The summed E-state index contributed by atoms with van der Waals surface area (Å²) in [5, 5.41) is 2.12. The third kappa shape index (κ3) is 3.20. The largest absolute Gasteiger partial charge is 0.471 e. The second-order valence-electron chi connectivity index (χ2n) is 6.61. The molecule has 27 heavy (non-hydrogen) atoms. The number of alkyl halides is 3. The van der Waals surface area contributed by atoms with Gasteiger partial charge in [-0.2, -0.15) is 13.2 Å². The summed E-state index contributed by atoms with van der Waals surface area (Å²) in [5.41, 5.74) is 1.11. The molecule has 142 valence electrons. The van der Waals surface area contributed by atoms with Gasteiger partial charge in [-0.05, 0) is 31.0 Å². The number of fused-ring (bicyclic) bond motifs is 5. The van der Waals surface area contributed by atoms with Crippen LogP contribution in [0.15, 0.2) is 42.5 Å². The van der Waals surface area contributed by atoms with Gasteiger partial charge in [-0.3, -0.25) is 4.79 Å². The highest BCUT2D eigenvalue weighted by Crippen LogP contribution is 2.47. The van der Waals surface area contributed by atoms with E-state index in [0.717, 1.165) is 0 Å². The highest BCUT2D eigenvalue weighted by atomic mass is 19.4. The topological polar surface area (TPSA) is 41.6 Å². The van der Waals surface area contributed by atoms with Crippen LogP contribution in [0.1, 0.15) is 24.4 Å². The van der Waals surface area contributed by atoms with Crippen LogP contribution in [-0.4, -0.2) is 24.7 Å². The number of carbonyl (C=O) groups excluding carboxylic acids is 1. The number of para-hydroxylation sites is 1. The number of nitrogens with one attached hydrogen (secondary N) is 1. The Bertz CT molecular complexity index is 884. The Hall–Kier alpha value is -2.77. The van der Waals surface area contributed by atoms with Crippen molar-refractivity contribution in [1.29, 1.82) is 0 Å². The lowest BCUT2D eigenvalue weighted by molar-refractivity contribution is -0.174. The molecule has 4 nitrogen and oxygen atoms in total. The first-order valence-electron chi connectivity index (χ1n) is 8.55. The molecule has 2 aliphatic heterocycles. The van der Waals surface area contributed by atoms with Gasteiger partial charge in [-0.1, -0.05) is 18.2 Å². The van der Waals surface area contributed by atoms with E-state index in [1.807, 2.05) is 4.90 Å². The van der Waals surface area contributed by atoms with Gasteiger partial charge in [-0.15, -0.1) is 0 Å². The number of carbonyl (C=O) groups is 1. The molecular formula is C19H16F4N2O2. The van der Waals surface area contributed by atoms with Crippen LogP contribution in [0.3, 0.4) is 0 Å². The smallest absolute Gasteiger partial charge is 0.455 e. The Balaban J connectivity index is 1.81. The maximum absolute atomic E-state index is 13.9. The van der Waals surface area contributed by atoms with Gasteiger partial charge in [0.15, 0.2) is 5.75 Å². The molecule has 0 saturated carbocycles. The highest BCUT2D eigenvalue weighted by molar-refractivity contribution is 5.82. The van der Waals surface area contributed by atoms with Crippen molar-refractivity contribution in [2.45, 2.75) is 31.1 Å². The van der Waals surface area contributed by atoms with Gasteiger partial charge in [0.1, 0.15) is 11.6 Å². The zero-order valence-electron chi connectivity index (χ0n) is 14.1. The van der Waals surface area contributed by atoms with Crippen LogP contribution in [-0.2, 0) is 4.79 Å². The Labute approximate surface area is 152 Å². The van der Waals surface area contributed by atoms with Crippen LogP contribution < -0.4 is 15.0 Å². The summed E-state index contributed by atoms with van der Waals surface area (Å²) in [4.78, 5) is 13.4. The zero-order valence-corrected chi connectivity index (χ0v) is 14.1. The minimum absolute atomic E-state index is 0.377.